The van der Waals surface area contributed by atoms with E-state index in [-0.39, 0.29) is 24.2 Å². The lowest BCUT2D eigenvalue weighted by Crippen LogP contribution is -2.43. The van der Waals surface area contributed by atoms with Gasteiger partial charge < -0.3 is 15.3 Å². The summed E-state index contributed by atoms with van der Waals surface area (Å²) in [5, 5.41) is 15.9. The van der Waals surface area contributed by atoms with Crippen LogP contribution in [0.4, 0.5) is 0 Å². The number of aliphatic carboxylic acids is 1. The van der Waals surface area contributed by atoms with Crippen LogP contribution in [0.1, 0.15) is 36.4 Å². The zero-order chi connectivity index (χ0) is 24.9. The molecule has 1 saturated heterocycles. The summed E-state index contributed by atoms with van der Waals surface area (Å²) in [4.78, 5) is 38.6. The van der Waals surface area contributed by atoms with Crippen molar-refractivity contribution < 1.29 is 19.5 Å². The summed E-state index contributed by atoms with van der Waals surface area (Å²) >= 11 is 14.3. The van der Waals surface area contributed by atoms with Gasteiger partial charge in [0.15, 0.2) is 0 Å². The quantitative estimate of drug-likeness (QED) is 0.378. The van der Waals surface area contributed by atoms with Gasteiger partial charge in [-0.25, -0.2) is 0 Å². The number of halogens is 2. The van der Waals surface area contributed by atoms with Gasteiger partial charge in [0, 0.05) is 25.1 Å². The van der Waals surface area contributed by atoms with Crippen LogP contribution in [0.5, 0.6) is 0 Å². The molecule has 1 aliphatic heterocycles. The third kappa shape index (κ3) is 6.04. The Bertz CT molecular complexity index is 1270. The van der Waals surface area contributed by atoms with E-state index < -0.39 is 12.0 Å². The Morgan fingerprint density at radius 3 is 2.51 bits per heavy atom. The van der Waals surface area contributed by atoms with E-state index in [1.807, 2.05) is 35.7 Å². The van der Waals surface area contributed by atoms with Crippen LogP contribution in [0.3, 0.4) is 0 Å². The minimum Gasteiger partial charge on any atom is -0.481 e. The normalized spacial score (nSPS) is 15.4. The number of thiophene rings is 1. The summed E-state index contributed by atoms with van der Waals surface area (Å²) in [6.45, 7) is 0.877. The third-order valence-corrected chi connectivity index (χ3v) is 8.07. The molecule has 0 aliphatic carbocycles. The van der Waals surface area contributed by atoms with Gasteiger partial charge >= 0.3 is 5.97 Å². The van der Waals surface area contributed by atoms with Gasteiger partial charge in [0.05, 0.1) is 27.2 Å². The van der Waals surface area contributed by atoms with Gasteiger partial charge in [-0.2, -0.15) is 0 Å². The summed E-state index contributed by atoms with van der Waals surface area (Å²) in [5.74, 6) is -1.61. The second-order valence-corrected chi connectivity index (χ2v) is 10.1. The van der Waals surface area contributed by atoms with Gasteiger partial charge in [0.1, 0.15) is 0 Å². The highest BCUT2D eigenvalue weighted by Crippen LogP contribution is 2.37. The predicted molar refractivity (Wildman–Crippen MR) is 140 cm³/mol. The maximum Gasteiger partial charge on any atom is 0.305 e. The number of carbonyl (C=O) groups is 3. The maximum atomic E-state index is 12.9. The topological polar surface area (TPSA) is 86.7 Å². The highest BCUT2D eigenvalue weighted by atomic mass is 35.5. The van der Waals surface area contributed by atoms with Crippen LogP contribution in [0.15, 0.2) is 53.9 Å². The van der Waals surface area contributed by atoms with Crippen LogP contribution in [0.2, 0.25) is 10.0 Å². The molecule has 0 bridgehead atoms. The number of hydrogen-bond acceptors (Lipinski definition) is 4. The number of fused-ring (bicyclic) bond motifs is 1. The molecule has 1 atom stereocenters. The molecule has 2 amide bonds. The van der Waals surface area contributed by atoms with Crippen LogP contribution in [0.25, 0.3) is 16.2 Å². The Balaban J connectivity index is 1.35. The highest BCUT2D eigenvalue weighted by molar-refractivity contribution is 7.18. The van der Waals surface area contributed by atoms with Crippen LogP contribution in [-0.4, -0.2) is 40.9 Å². The Morgan fingerprint density at radius 2 is 1.83 bits per heavy atom. The fourth-order valence-electron chi connectivity index (χ4n) is 4.22. The predicted octanol–water partition coefficient (Wildman–Crippen LogP) is 5.79. The standard InChI is InChI=1S/C26H24Cl2N2O4S/c27-23-18(14-19-10-13-35-25(19)24(23)28)6-7-21(31)30-11-8-17(9-12-30)26(34)29-20(15-22(32)33)16-4-2-1-3-5-16/h1-7,10,13-14,17,20H,8-9,11-12,15H2,(H,29,34)(H,32,33)/b7-6+/t20-/m1/s1. The van der Waals surface area contributed by atoms with E-state index in [4.69, 9.17) is 23.2 Å². The molecule has 1 aromatic heterocycles. The highest BCUT2D eigenvalue weighted by Gasteiger charge is 2.29. The van der Waals surface area contributed by atoms with Crippen molar-refractivity contribution in [1.82, 2.24) is 10.2 Å². The summed E-state index contributed by atoms with van der Waals surface area (Å²) in [6.07, 6.45) is 3.97. The van der Waals surface area contributed by atoms with Crippen molar-refractivity contribution in [3.63, 3.8) is 0 Å². The molecule has 2 N–H and O–H groups in total. The molecule has 0 unspecified atom stereocenters. The van der Waals surface area contributed by atoms with E-state index in [0.29, 0.717) is 41.5 Å². The first-order valence-electron chi connectivity index (χ1n) is 11.2. The maximum absolute atomic E-state index is 12.9. The lowest BCUT2D eigenvalue weighted by Gasteiger charge is -2.31. The number of amides is 2. The van der Waals surface area contributed by atoms with Crippen molar-refractivity contribution in [2.45, 2.75) is 25.3 Å². The number of piperidine rings is 1. The average molecular weight is 531 g/mol. The molecule has 3 aromatic rings. The molecule has 9 heteroatoms. The molecule has 2 aromatic carbocycles. The lowest BCUT2D eigenvalue weighted by atomic mass is 9.94. The number of carbonyl (C=O) groups excluding carboxylic acids is 2. The first-order valence-corrected chi connectivity index (χ1v) is 12.9. The number of carboxylic acids is 1. The van der Waals surface area contributed by atoms with E-state index in [2.05, 4.69) is 5.32 Å². The fourth-order valence-corrected chi connectivity index (χ4v) is 5.66. The Hall–Kier alpha value is -2.87. The van der Waals surface area contributed by atoms with Crippen LogP contribution >= 0.6 is 34.5 Å². The molecule has 0 saturated carbocycles. The van der Waals surface area contributed by atoms with Crippen molar-refractivity contribution in [2.75, 3.05) is 13.1 Å². The summed E-state index contributed by atoms with van der Waals surface area (Å²) in [7, 11) is 0. The molecule has 4 rings (SSSR count). The molecule has 0 radical (unpaired) electrons. The second kappa shape index (κ2) is 11.2. The average Bonchev–Trinajstić information content (AvgIpc) is 3.34. The molecule has 35 heavy (non-hydrogen) atoms. The second-order valence-electron chi connectivity index (χ2n) is 8.44. The number of nitrogens with zero attached hydrogens (tertiary/aromatic N) is 1. The molecular weight excluding hydrogens is 507 g/mol. The Labute approximate surface area is 217 Å². The summed E-state index contributed by atoms with van der Waals surface area (Å²) in [5.41, 5.74) is 1.43. The number of hydrogen-bond donors (Lipinski definition) is 2. The van der Waals surface area contributed by atoms with Crippen LogP contribution < -0.4 is 5.32 Å². The fraction of sp³-hybridized carbons (Fsp3) is 0.269. The molecule has 0 spiro atoms. The van der Waals surface area contributed by atoms with E-state index >= 15 is 0 Å². The minimum absolute atomic E-state index is 0.158. The summed E-state index contributed by atoms with van der Waals surface area (Å²) < 4.78 is 0.915. The van der Waals surface area contributed by atoms with E-state index in [9.17, 15) is 19.5 Å². The van der Waals surface area contributed by atoms with Gasteiger partial charge in [-0.1, -0.05) is 53.5 Å². The lowest BCUT2D eigenvalue weighted by molar-refractivity contribution is -0.138. The van der Waals surface area contributed by atoms with Gasteiger partial charge in [0.25, 0.3) is 0 Å². The zero-order valence-electron chi connectivity index (χ0n) is 18.7. The van der Waals surface area contributed by atoms with E-state index in [0.717, 1.165) is 15.6 Å². The largest absolute Gasteiger partial charge is 0.481 e. The first-order chi connectivity index (χ1) is 16.8. The van der Waals surface area contributed by atoms with Crippen molar-refractivity contribution in [1.29, 1.82) is 0 Å². The number of likely N-dealkylation sites (tertiary alicyclic amines) is 1. The molecular formula is C26H24Cl2N2O4S. The summed E-state index contributed by atoms with van der Waals surface area (Å²) in [6, 6.07) is 12.3. The van der Waals surface area contributed by atoms with Crippen molar-refractivity contribution in [2.24, 2.45) is 5.92 Å². The number of benzene rings is 2. The van der Waals surface area contributed by atoms with Gasteiger partial charge in [-0.3, -0.25) is 14.4 Å². The van der Waals surface area contributed by atoms with Crippen molar-refractivity contribution in [3.05, 3.63) is 75.1 Å². The van der Waals surface area contributed by atoms with Crippen LogP contribution in [-0.2, 0) is 14.4 Å². The minimum atomic E-state index is -0.981. The van der Waals surface area contributed by atoms with Crippen molar-refractivity contribution >= 4 is 68.5 Å². The molecule has 1 aliphatic rings. The third-order valence-electron chi connectivity index (χ3n) is 6.13. The Kier molecular flexibility index (Phi) is 8.11. The zero-order valence-corrected chi connectivity index (χ0v) is 21.1. The number of carboxylic acid groups (broad SMARTS) is 1. The first kappa shape index (κ1) is 25.2. The Morgan fingerprint density at radius 1 is 1.11 bits per heavy atom. The monoisotopic (exact) mass is 530 g/mol. The van der Waals surface area contributed by atoms with Crippen LogP contribution in [0, 0.1) is 5.92 Å². The molecule has 2 heterocycles. The number of rotatable bonds is 7. The van der Waals surface area contributed by atoms with E-state index in [1.54, 1.807) is 23.1 Å². The van der Waals surface area contributed by atoms with Gasteiger partial charge in [0.2, 0.25) is 11.8 Å². The molecule has 182 valence electrons. The molecule has 1 fully saturated rings. The number of nitrogens with one attached hydrogen (secondary N) is 1. The van der Waals surface area contributed by atoms with Gasteiger partial charge in [-0.05, 0) is 52.9 Å². The smallest absolute Gasteiger partial charge is 0.305 e. The van der Waals surface area contributed by atoms with Crippen molar-refractivity contribution in [3.8, 4) is 0 Å². The molecule has 6 nitrogen and oxygen atoms in total. The van der Waals surface area contributed by atoms with E-state index in [1.165, 1.54) is 17.4 Å². The SMILES string of the molecule is O=C(O)C[C@@H](NC(=O)C1CCN(C(=O)/C=C/c2cc3ccsc3c(Cl)c2Cl)CC1)c1ccccc1. The van der Waals surface area contributed by atoms with Gasteiger partial charge in [-0.15, -0.1) is 11.3 Å².